The molecule has 0 heterocycles. The molecule has 26 heavy (non-hydrogen) atoms. The van der Waals surface area contributed by atoms with Crippen molar-refractivity contribution in [3.63, 3.8) is 0 Å². The SMILES string of the molecule is Cc1cc(C)c([C@H](C)NC(=O)CN(C2CCCCC2)S(C)(=O)=O)cc1C. The van der Waals surface area contributed by atoms with E-state index in [0.29, 0.717) is 0 Å². The van der Waals surface area contributed by atoms with Crippen molar-refractivity contribution in [3.05, 3.63) is 34.4 Å². The molecule has 146 valence electrons. The molecule has 0 unspecified atom stereocenters. The van der Waals surface area contributed by atoms with E-state index in [-0.39, 0.29) is 24.5 Å². The van der Waals surface area contributed by atoms with E-state index in [1.165, 1.54) is 21.7 Å². The fraction of sp³-hybridized carbons (Fsp3) is 0.650. The molecule has 6 heteroatoms. The highest BCUT2D eigenvalue weighted by Crippen LogP contribution is 2.25. The van der Waals surface area contributed by atoms with Gasteiger partial charge in [-0.15, -0.1) is 0 Å². The van der Waals surface area contributed by atoms with Gasteiger partial charge in [-0.3, -0.25) is 4.79 Å². The van der Waals surface area contributed by atoms with Gasteiger partial charge in [0.05, 0.1) is 18.8 Å². The van der Waals surface area contributed by atoms with Gasteiger partial charge in [0, 0.05) is 6.04 Å². The molecule has 1 fully saturated rings. The third-order valence-electron chi connectivity index (χ3n) is 5.43. The molecule has 0 aromatic heterocycles. The number of aryl methyl sites for hydroxylation is 3. The highest BCUT2D eigenvalue weighted by Gasteiger charge is 2.30. The lowest BCUT2D eigenvalue weighted by Crippen LogP contribution is -2.47. The van der Waals surface area contributed by atoms with Gasteiger partial charge in [-0.2, -0.15) is 4.31 Å². The number of nitrogens with zero attached hydrogens (tertiary/aromatic N) is 1. The van der Waals surface area contributed by atoms with Crippen LogP contribution in [0.4, 0.5) is 0 Å². The van der Waals surface area contributed by atoms with Crippen LogP contribution in [0.5, 0.6) is 0 Å². The molecule has 0 aliphatic heterocycles. The second-order valence-corrected chi connectivity index (χ2v) is 9.62. The van der Waals surface area contributed by atoms with Crippen molar-refractivity contribution in [3.8, 4) is 0 Å². The van der Waals surface area contributed by atoms with Crippen LogP contribution >= 0.6 is 0 Å². The lowest BCUT2D eigenvalue weighted by Gasteiger charge is -2.32. The Balaban J connectivity index is 2.09. The molecule has 1 aromatic carbocycles. The molecule has 0 saturated heterocycles. The lowest BCUT2D eigenvalue weighted by molar-refractivity contribution is -0.122. The molecule has 5 nitrogen and oxygen atoms in total. The smallest absolute Gasteiger partial charge is 0.235 e. The van der Waals surface area contributed by atoms with E-state index in [2.05, 4.69) is 31.3 Å². The number of carbonyl (C=O) groups is 1. The van der Waals surface area contributed by atoms with Gasteiger partial charge < -0.3 is 5.32 Å². The topological polar surface area (TPSA) is 66.5 Å². The maximum Gasteiger partial charge on any atom is 0.235 e. The number of benzene rings is 1. The van der Waals surface area contributed by atoms with Crippen molar-refractivity contribution in [2.45, 2.75) is 71.9 Å². The van der Waals surface area contributed by atoms with Gasteiger partial charge in [0.1, 0.15) is 0 Å². The predicted octanol–water partition coefficient (Wildman–Crippen LogP) is 3.38. The molecule has 1 N–H and O–H groups in total. The van der Waals surface area contributed by atoms with Crippen molar-refractivity contribution in [1.82, 2.24) is 9.62 Å². The van der Waals surface area contributed by atoms with Crippen LogP contribution in [0.1, 0.15) is 67.3 Å². The Morgan fingerprint density at radius 1 is 1.12 bits per heavy atom. The monoisotopic (exact) mass is 380 g/mol. The van der Waals surface area contributed by atoms with E-state index in [4.69, 9.17) is 0 Å². The summed E-state index contributed by atoms with van der Waals surface area (Å²) in [6, 6.07) is 4.01. The van der Waals surface area contributed by atoms with Gasteiger partial charge in [0.15, 0.2) is 0 Å². The zero-order chi connectivity index (χ0) is 19.5. The maximum absolute atomic E-state index is 12.6. The summed E-state index contributed by atoms with van der Waals surface area (Å²) in [6.07, 6.45) is 6.07. The number of amides is 1. The van der Waals surface area contributed by atoms with Gasteiger partial charge in [-0.05, 0) is 62.8 Å². The molecule has 1 atom stereocenters. The third-order valence-corrected chi connectivity index (χ3v) is 6.71. The molecule has 1 saturated carbocycles. The van der Waals surface area contributed by atoms with Crippen LogP contribution in [0.3, 0.4) is 0 Å². The Kier molecular flexibility index (Phi) is 6.86. The van der Waals surface area contributed by atoms with Crippen LogP contribution in [0.15, 0.2) is 12.1 Å². The average molecular weight is 381 g/mol. The Hall–Kier alpha value is -1.40. The molecular formula is C20H32N2O3S. The second kappa shape index (κ2) is 8.53. The minimum Gasteiger partial charge on any atom is -0.348 e. The fourth-order valence-electron chi connectivity index (χ4n) is 3.84. The first kappa shape index (κ1) is 20.9. The van der Waals surface area contributed by atoms with Crippen molar-refractivity contribution < 1.29 is 13.2 Å². The van der Waals surface area contributed by atoms with E-state index in [1.54, 1.807) is 0 Å². The molecule has 1 aliphatic rings. The van der Waals surface area contributed by atoms with Crippen LogP contribution in [-0.4, -0.2) is 37.5 Å². The number of carbonyl (C=O) groups excluding carboxylic acids is 1. The van der Waals surface area contributed by atoms with Gasteiger partial charge in [-0.1, -0.05) is 31.4 Å². The highest BCUT2D eigenvalue weighted by molar-refractivity contribution is 7.88. The number of sulfonamides is 1. The first-order valence-corrected chi connectivity index (χ1v) is 11.3. The van der Waals surface area contributed by atoms with E-state index in [9.17, 15) is 13.2 Å². The minimum atomic E-state index is -3.41. The Bertz CT molecular complexity index is 753. The maximum atomic E-state index is 12.6. The standard InChI is InChI=1S/C20H32N2O3S/c1-14-11-16(3)19(12-15(14)2)17(4)21-20(23)13-22(26(5,24)25)18-9-7-6-8-10-18/h11-12,17-18H,6-10,13H2,1-5H3,(H,21,23)/t17-/m0/s1. The Morgan fingerprint density at radius 3 is 2.27 bits per heavy atom. The second-order valence-electron chi connectivity index (χ2n) is 7.68. The molecule has 0 spiro atoms. The molecule has 1 amide bonds. The summed E-state index contributed by atoms with van der Waals surface area (Å²) in [5.41, 5.74) is 4.62. The van der Waals surface area contributed by atoms with Gasteiger partial charge in [0.25, 0.3) is 0 Å². The number of nitrogens with one attached hydrogen (secondary N) is 1. The summed E-state index contributed by atoms with van der Waals surface area (Å²) in [6.45, 7) is 8.01. The van der Waals surface area contributed by atoms with Crippen LogP contribution in [0.2, 0.25) is 0 Å². The lowest BCUT2D eigenvalue weighted by atomic mass is 9.95. The zero-order valence-corrected chi connectivity index (χ0v) is 17.4. The number of hydrogen-bond donors (Lipinski definition) is 1. The summed E-state index contributed by atoms with van der Waals surface area (Å²) in [5.74, 6) is -0.244. The quantitative estimate of drug-likeness (QED) is 0.823. The predicted molar refractivity (Wildman–Crippen MR) is 106 cm³/mol. The largest absolute Gasteiger partial charge is 0.348 e. The van der Waals surface area contributed by atoms with Crippen molar-refractivity contribution in [2.75, 3.05) is 12.8 Å². The van der Waals surface area contributed by atoms with Crippen LogP contribution < -0.4 is 5.32 Å². The first-order valence-electron chi connectivity index (χ1n) is 9.43. The van der Waals surface area contributed by atoms with Gasteiger partial charge in [-0.25, -0.2) is 8.42 Å². The molecule has 0 bridgehead atoms. The van der Waals surface area contributed by atoms with E-state index < -0.39 is 10.0 Å². The van der Waals surface area contributed by atoms with Crippen LogP contribution in [0.25, 0.3) is 0 Å². The zero-order valence-electron chi connectivity index (χ0n) is 16.6. The molecular weight excluding hydrogens is 348 g/mol. The normalized spacial score (nSPS) is 17.3. The summed E-state index contributed by atoms with van der Waals surface area (Å²) < 4.78 is 25.8. The number of rotatable bonds is 6. The van der Waals surface area contributed by atoms with Crippen LogP contribution in [-0.2, 0) is 14.8 Å². The molecule has 1 aliphatic carbocycles. The van der Waals surface area contributed by atoms with Crippen molar-refractivity contribution in [2.24, 2.45) is 0 Å². The summed E-state index contributed by atoms with van der Waals surface area (Å²) in [4.78, 5) is 12.6. The summed E-state index contributed by atoms with van der Waals surface area (Å²) in [7, 11) is -3.41. The summed E-state index contributed by atoms with van der Waals surface area (Å²) in [5, 5.41) is 2.98. The molecule has 2 rings (SSSR count). The van der Waals surface area contributed by atoms with Crippen molar-refractivity contribution >= 4 is 15.9 Å². The van der Waals surface area contributed by atoms with E-state index in [1.807, 2.05) is 13.8 Å². The third kappa shape index (κ3) is 5.30. The van der Waals surface area contributed by atoms with Crippen LogP contribution in [0, 0.1) is 20.8 Å². The Morgan fingerprint density at radius 2 is 1.69 bits per heavy atom. The number of hydrogen-bond acceptors (Lipinski definition) is 3. The van der Waals surface area contributed by atoms with E-state index >= 15 is 0 Å². The molecule has 1 aromatic rings. The van der Waals surface area contributed by atoms with Crippen molar-refractivity contribution in [1.29, 1.82) is 0 Å². The summed E-state index contributed by atoms with van der Waals surface area (Å²) >= 11 is 0. The minimum absolute atomic E-state index is 0.0526. The highest BCUT2D eigenvalue weighted by atomic mass is 32.2. The van der Waals surface area contributed by atoms with Gasteiger partial charge >= 0.3 is 0 Å². The Labute approximate surface area is 158 Å². The van der Waals surface area contributed by atoms with Gasteiger partial charge in [0.2, 0.25) is 15.9 Å². The average Bonchev–Trinajstić information content (AvgIpc) is 2.55. The van der Waals surface area contributed by atoms with E-state index in [0.717, 1.165) is 43.2 Å². The molecule has 0 radical (unpaired) electrons. The fourth-order valence-corrected chi connectivity index (χ4v) is 4.95. The first-order chi connectivity index (χ1) is 12.1.